The zero-order valence-corrected chi connectivity index (χ0v) is 14.1. The van der Waals surface area contributed by atoms with Crippen LogP contribution >= 0.6 is 11.6 Å². The van der Waals surface area contributed by atoms with E-state index in [-0.39, 0.29) is 0 Å². The average Bonchev–Trinajstić information content (AvgIpc) is 2.66. The number of ether oxygens (including phenoxy) is 2. The second kappa shape index (κ2) is 8.42. The Morgan fingerprint density at radius 1 is 0.583 bits per heavy atom. The molecule has 0 amide bonds. The summed E-state index contributed by atoms with van der Waals surface area (Å²) in [4.78, 5) is 0. The first kappa shape index (κ1) is 16.4. The molecule has 0 radical (unpaired) electrons. The fraction of sp³-hybridized carbons (Fsp3) is 0.143. The number of hydrogen-bond acceptors (Lipinski definition) is 2. The Morgan fingerprint density at radius 2 is 1.04 bits per heavy atom. The normalized spacial score (nSPS) is 10.4. The quantitative estimate of drug-likeness (QED) is 0.523. The van der Waals surface area contributed by atoms with Crippen LogP contribution in [0, 0.1) is 0 Å². The molecule has 0 fully saturated rings. The van der Waals surface area contributed by atoms with Crippen LogP contribution in [0.4, 0.5) is 0 Å². The minimum absolute atomic E-state index is 0.342. The summed E-state index contributed by atoms with van der Waals surface area (Å²) < 4.78 is 11.9. The lowest BCUT2D eigenvalue weighted by molar-refractivity contribution is 0.285. The number of benzene rings is 3. The van der Waals surface area contributed by atoms with Crippen molar-refractivity contribution < 1.29 is 9.47 Å². The van der Waals surface area contributed by atoms with Gasteiger partial charge >= 0.3 is 0 Å². The molecule has 0 aliphatic heterocycles. The lowest BCUT2D eigenvalue weighted by Gasteiger charge is -2.15. The smallest absolute Gasteiger partial charge is 0.127 e. The molecule has 2 nitrogen and oxygen atoms in total. The summed E-state index contributed by atoms with van der Waals surface area (Å²) in [5.74, 6) is 1.87. The summed E-state index contributed by atoms with van der Waals surface area (Å²) in [5.41, 5.74) is 3.12. The van der Waals surface area contributed by atoms with E-state index < -0.39 is 0 Å². The lowest BCUT2D eigenvalue weighted by atomic mass is 10.2. The number of alkyl halides is 1. The van der Waals surface area contributed by atoms with Crippen LogP contribution in [0.3, 0.4) is 0 Å². The standard InChI is InChI=1S/C21H19ClO2/c22-14-19-20(23-15-17-8-3-1-4-9-17)12-7-13-21(19)24-16-18-10-5-2-6-11-18/h1-13H,14-16H2. The first-order chi connectivity index (χ1) is 11.9. The van der Waals surface area contributed by atoms with Gasteiger partial charge in [0, 0.05) is 0 Å². The summed E-state index contributed by atoms with van der Waals surface area (Å²) in [5, 5.41) is 0. The molecule has 0 unspecified atom stereocenters. The molecule has 0 bridgehead atoms. The summed E-state index contributed by atoms with van der Waals surface area (Å²) in [6.07, 6.45) is 0. The molecule has 0 spiro atoms. The highest BCUT2D eigenvalue weighted by atomic mass is 35.5. The van der Waals surface area contributed by atoms with Crippen LogP contribution in [0.25, 0.3) is 0 Å². The molecule has 0 aromatic heterocycles. The Bertz CT molecular complexity index is 696. The number of hydrogen-bond donors (Lipinski definition) is 0. The minimum atomic E-state index is 0.342. The van der Waals surface area contributed by atoms with E-state index in [9.17, 15) is 0 Å². The molecule has 0 aliphatic carbocycles. The largest absolute Gasteiger partial charge is 0.488 e. The van der Waals surface area contributed by atoms with Gasteiger partial charge in [0.05, 0.1) is 11.4 Å². The van der Waals surface area contributed by atoms with Crippen molar-refractivity contribution in [3.8, 4) is 11.5 Å². The van der Waals surface area contributed by atoms with Crippen LogP contribution in [0.15, 0.2) is 78.9 Å². The lowest BCUT2D eigenvalue weighted by Crippen LogP contribution is -2.02. The zero-order chi connectivity index (χ0) is 16.6. The minimum Gasteiger partial charge on any atom is -0.488 e. The average molecular weight is 339 g/mol. The van der Waals surface area contributed by atoms with Gasteiger partial charge in [-0.05, 0) is 23.3 Å². The van der Waals surface area contributed by atoms with Crippen molar-refractivity contribution >= 4 is 11.6 Å². The van der Waals surface area contributed by atoms with Crippen LogP contribution < -0.4 is 9.47 Å². The molecule has 3 aromatic carbocycles. The topological polar surface area (TPSA) is 18.5 Å². The van der Waals surface area contributed by atoms with Gasteiger partial charge in [0.2, 0.25) is 0 Å². The van der Waals surface area contributed by atoms with Crippen molar-refractivity contribution in [1.29, 1.82) is 0 Å². The van der Waals surface area contributed by atoms with E-state index in [1.807, 2.05) is 78.9 Å². The van der Waals surface area contributed by atoms with Gasteiger partial charge in [-0.3, -0.25) is 0 Å². The fourth-order valence-corrected chi connectivity index (χ4v) is 2.68. The Labute approximate surface area is 147 Å². The van der Waals surface area contributed by atoms with E-state index in [4.69, 9.17) is 21.1 Å². The Morgan fingerprint density at radius 3 is 1.46 bits per heavy atom. The molecule has 0 atom stereocenters. The van der Waals surface area contributed by atoms with E-state index in [0.29, 0.717) is 19.1 Å². The van der Waals surface area contributed by atoms with Crippen LogP contribution in [0.2, 0.25) is 0 Å². The Kier molecular flexibility index (Phi) is 5.75. The first-order valence-electron chi connectivity index (χ1n) is 7.88. The van der Waals surface area contributed by atoms with Gasteiger partial charge in [0.15, 0.2) is 0 Å². The highest BCUT2D eigenvalue weighted by molar-refractivity contribution is 6.17. The molecular formula is C21H19ClO2. The van der Waals surface area contributed by atoms with Crippen molar-refractivity contribution in [3.05, 3.63) is 95.6 Å². The van der Waals surface area contributed by atoms with Crippen LogP contribution in [-0.2, 0) is 19.1 Å². The number of rotatable bonds is 7. The molecule has 3 aromatic rings. The number of halogens is 1. The maximum Gasteiger partial charge on any atom is 0.127 e. The third-order valence-electron chi connectivity index (χ3n) is 3.70. The molecule has 24 heavy (non-hydrogen) atoms. The van der Waals surface area contributed by atoms with E-state index in [1.165, 1.54) is 0 Å². The zero-order valence-electron chi connectivity index (χ0n) is 13.3. The van der Waals surface area contributed by atoms with E-state index in [2.05, 4.69) is 0 Å². The summed E-state index contributed by atoms with van der Waals surface area (Å²) in [6.45, 7) is 1.01. The van der Waals surface area contributed by atoms with E-state index in [0.717, 1.165) is 28.2 Å². The fourth-order valence-electron chi connectivity index (χ4n) is 2.42. The van der Waals surface area contributed by atoms with Crippen LogP contribution in [0.5, 0.6) is 11.5 Å². The molecule has 122 valence electrons. The summed E-state index contributed by atoms with van der Waals surface area (Å²) in [6, 6.07) is 25.9. The second-order valence-electron chi connectivity index (χ2n) is 5.42. The molecular weight excluding hydrogens is 320 g/mol. The van der Waals surface area contributed by atoms with Crippen molar-refractivity contribution in [2.75, 3.05) is 0 Å². The van der Waals surface area contributed by atoms with Crippen LogP contribution in [-0.4, -0.2) is 0 Å². The van der Waals surface area contributed by atoms with Crippen molar-refractivity contribution in [1.82, 2.24) is 0 Å². The highest BCUT2D eigenvalue weighted by Gasteiger charge is 2.10. The molecule has 0 aliphatic rings. The Hall–Kier alpha value is -2.45. The van der Waals surface area contributed by atoms with Crippen LogP contribution in [0.1, 0.15) is 16.7 Å². The maximum atomic E-state index is 6.14. The SMILES string of the molecule is ClCc1c(OCc2ccccc2)cccc1OCc1ccccc1. The van der Waals surface area contributed by atoms with Crippen molar-refractivity contribution in [2.24, 2.45) is 0 Å². The molecule has 3 heteroatoms. The van der Waals surface area contributed by atoms with Gasteiger partial charge in [-0.2, -0.15) is 0 Å². The predicted molar refractivity (Wildman–Crippen MR) is 97.5 cm³/mol. The molecule has 0 heterocycles. The third kappa shape index (κ3) is 4.30. The summed E-state index contributed by atoms with van der Waals surface area (Å²) in [7, 11) is 0. The van der Waals surface area contributed by atoms with Gasteiger partial charge in [0.25, 0.3) is 0 Å². The van der Waals surface area contributed by atoms with E-state index >= 15 is 0 Å². The summed E-state index contributed by atoms with van der Waals surface area (Å²) >= 11 is 6.14. The molecule has 0 saturated heterocycles. The van der Waals surface area contributed by atoms with Gasteiger partial charge in [-0.1, -0.05) is 66.7 Å². The Balaban J connectivity index is 1.71. The van der Waals surface area contributed by atoms with Crippen molar-refractivity contribution in [3.63, 3.8) is 0 Å². The molecule has 0 saturated carbocycles. The highest BCUT2D eigenvalue weighted by Crippen LogP contribution is 2.31. The first-order valence-corrected chi connectivity index (χ1v) is 8.41. The second-order valence-corrected chi connectivity index (χ2v) is 5.68. The van der Waals surface area contributed by atoms with E-state index in [1.54, 1.807) is 0 Å². The third-order valence-corrected chi connectivity index (χ3v) is 3.97. The monoisotopic (exact) mass is 338 g/mol. The van der Waals surface area contributed by atoms with Crippen molar-refractivity contribution in [2.45, 2.75) is 19.1 Å². The van der Waals surface area contributed by atoms with Gasteiger partial charge in [-0.15, -0.1) is 11.6 Å². The van der Waals surface area contributed by atoms with Gasteiger partial charge in [0.1, 0.15) is 24.7 Å². The van der Waals surface area contributed by atoms with Gasteiger partial charge < -0.3 is 9.47 Å². The van der Waals surface area contributed by atoms with Gasteiger partial charge in [-0.25, -0.2) is 0 Å². The predicted octanol–water partition coefficient (Wildman–Crippen LogP) is 5.58. The maximum absolute atomic E-state index is 6.14. The molecule has 0 N–H and O–H groups in total. The molecule has 3 rings (SSSR count).